The summed E-state index contributed by atoms with van der Waals surface area (Å²) < 4.78 is 10.5. The molecule has 0 aromatic heterocycles. The number of benzene rings is 2. The number of nitrogens with one attached hydrogen (secondary N) is 1. The number of rotatable bonds is 6. The van der Waals surface area contributed by atoms with Gasteiger partial charge in [-0.15, -0.1) is 0 Å². The number of nitrogens with zero attached hydrogens (tertiary/aromatic N) is 1. The molecule has 1 amide bonds. The normalized spacial score (nSPS) is 15.7. The van der Waals surface area contributed by atoms with Gasteiger partial charge < -0.3 is 14.8 Å². The SMILES string of the molecule is COc1cc(OCC(=O)NC2CCCc3ccccc32)ccc1[N+](=O)[O-]. The number of methoxy groups -OCH3 is 1. The average molecular weight is 356 g/mol. The van der Waals surface area contributed by atoms with Crippen molar-refractivity contribution in [3.05, 3.63) is 63.7 Å². The zero-order chi connectivity index (χ0) is 18.5. The number of nitro groups is 1. The molecule has 0 aliphatic heterocycles. The van der Waals surface area contributed by atoms with Gasteiger partial charge in [0, 0.05) is 12.1 Å². The van der Waals surface area contributed by atoms with Gasteiger partial charge in [0.15, 0.2) is 6.61 Å². The third-order valence-electron chi connectivity index (χ3n) is 4.42. The van der Waals surface area contributed by atoms with Crippen LogP contribution in [0.15, 0.2) is 42.5 Å². The largest absolute Gasteiger partial charge is 0.490 e. The number of amides is 1. The van der Waals surface area contributed by atoms with Crippen molar-refractivity contribution in [2.24, 2.45) is 0 Å². The standard InChI is InChI=1S/C19H20N2O5/c1-25-18-11-14(9-10-17(18)21(23)24)26-12-19(22)20-16-8-4-6-13-5-2-3-7-15(13)16/h2-3,5,7,9-11,16H,4,6,8,12H2,1H3,(H,20,22). The van der Waals surface area contributed by atoms with E-state index < -0.39 is 4.92 Å². The van der Waals surface area contributed by atoms with E-state index in [4.69, 9.17) is 9.47 Å². The fraction of sp³-hybridized carbons (Fsp3) is 0.316. The number of carbonyl (C=O) groups is 1. The molecule has 3 rings (SSSR count). The molecule has 0 bridgehead atoms. The first-order valence-corrected chi connectivity index (χ1v) is 8.41. The molecule has 1 atom stereocenters. The second-order valence-corrected chi connectivity index (χ2v) is 6.09. The second-order valence-electron chi connectivity index (χ2n) is 6.09. The maximum atomic E-state index is 12.2. The molecule has 0 spiro atoms. The van der Waals surface area contributed by atoms with Crippen molar-refractivity contribution in [2.45, 2.75) is 25.3 Å². The smallest absolute Gasteiger partial charge is 0.311 e. The van der Waals surface area contributed by atoms with Crippen LogP contribution in [0.4, 0.5) is 5.69 Å². The number of fused-ring (bicyclic) bond motifs is 1. The summed E-state index contributed by atoms with van der Waals surface area (Å²) in [7, 11) is 1.35. The molecule has 0 fully saturated rings. The summed E-state index contributed by atoms with van der Waals surface area (Å²) in [6.45, 7) is -0.167. The zero-order valence-electron chi connectivity index (χ0n) is 14.4. The van der Waals surface area contributed by atoms with Crippen molar-refractivity contribution in [1.82, 2.24) is 5.32 Å². The maximum Gasteiger partial charge on any atom is 0.311 e. The van der Waals surface area contributed by atoms with E-state index in [9.17, 15) is 14.9 Å². The molecule has 2 aromatic rings. The Morgan fingerprint density at radius 3 is 2.88 bits per heavy atom. The first-order valence-electron chi connectivity index (χ1n) is 8.41. The summed E-state index contributed by atoms with van der Waals surface area (Å²) in [5, 5.41) is 13.9. The molecule has 1 N–H and O–H groups in total. The van der Waals surface area contributed by atoms with Crippen LogP contribution >= 0.6 is 0 Å². The summed E-state index contributed by atoms with van der Waals surface area (Å²) in [6.07, 6.45) is 2.96. The van der Waals surface area contributed by atoms with Crippen LogP contribution in [0.25, 0.3) is 0 Å². The van der Waals surface area contributed by atoms with Gasteiger partial charge in [0.1, 0.15) is 5.75 Å². The van der Waals surface area contributed by atoms with Crippen molar-refractivity contribution in [2.75, 3.05) is 13.7 Å². The van der Waals surface area contributed by atoms with Gasteiger partial charge in [-0.25, -0.2) is 0 Å². The van der Waals surface area contributed by atoms with Crippen LogP contribution in [0.2, 0.25) is 0 Å². The Morgan fingerprint density at radius 2 is 2.12 bits per heavy atom. The lowest BCUT2D eigenvalue weighted by molar-refractivity contribution is -0.385. The van der Waals surface area contributed by atoms with Crippen LogP contribution in [0, 0.1) is 10.1 Å². The van der Waals surface area contributed by atoms with Gasteiger partial charge in [0.2, 0.25) is 5.75 Å². The highest BCUT2D eigenvalue weighted by Crippen LogP contribution is 2.31. The van der Waals surface area contributed by atoms with Gasteiger partial charge in [-0.1, -0.05) is 24.3 Å². The molecule has 26 heavy (non-hydrogen) atoms. The number of carbonyl (C=O) groups excluding carboxylic acids is 1. The number of hydrogen-bond acceptors (Lipinski definition) is 5. The van der Waals surface area contributed by atoms with E-state index in [2.05, 4.69) is 11.4 Å². The van der Waals surface area contributed by atoms with Crippen molar-refractivity contribution < 1.29 is 19.2 Å². The third-order valence-corrected chi connectivity index (χ3v) is 4.42. The highest BCUT2D eigenvalue weighted by molar-refractivity contribution is 5.78. The fourth-order valence-electron chi connectivity index (χ4n) is 3.19. The molecule has 7 nitrogen and oxygen atoms in total. The molecule has 1 aliphatic rings. The lowest BCUT2D eigenvalue weighted by atomic mass is 9.88. The van der Waals surface area contributed by atoms with E-state index in [-0.39, 0.29) is 30.0 Å². The first-order chi connectivity index (χ1) is 12.6. The monoisotopic (exact) mass is 356 g/mol. The predicted molar refractivity (Wildman–Crippen MR) is 95.4 cm³/mol. The van der Waals surface area contributed by atoms with Gasteiger partial charge >= 0.3 is 5.69 Å². The topological polar surface area (TPSA) is 90.7 Å². The lowest BCUT2D eigenvalue weighted by Crippen LogP contribution is -2.34. The Hall–Kier alpha value is -3.09. The van der Waals surface area contributed by atoms with E-state index in [1.807, 2.05) is 18.2 Å². The molecule has 0 saturated heterocycles. The van der Waals surface area contributed by atoms with E-state index in [1.54, 1.807) is 0 Å². The Labute approximate surface area is 151 Å². The highest BCUT2D eigenvalue weighted by Gasteiger charge is 2.21. The molecule has 136 valence electrons. The Balaban J connectivity index is 1.61. The van der Waals surface area contributed by atoms with E-state index in [1.165, 1.54) is 30.9 Å². The molecule has 2 aromatic carbocycles. The minimum atomic E-state index is -0.532. The van der Waals surface area contributed by atoms with Crippen LogP contribution in [-0.4, -0.2) is 24.5 Å². The van der Waals surface area contributed by atoms with E-state index in [0.29, 0.717) is 5.75 Å². The molecular weight excluding hydrogens is 336 g/mol. The third kappa shape index (κ3) is 3.93. The Kier molecular flexibility index (Phi) is 5.36. The number of nitro benzene ring substituents is 1. The summed E-state index contributed by atoms with van der Waals surface area (Å²) in [5.41, 5.74) is 2.28. The maximum absolute atomic E-state index is 12.2. The van der Waals surface area contributed by atoms with Gasteiger partial charge in [0.25, 0.3) is 5.91 Å². The van der Waals surface area contributed by atoms with Crippen molar-refractivity contribution >= 4 is 11.6 Å². The minimum Gasteiger partial charge on any atom is -0.490 e. The summed E-state index contributed by atoms with van der Waals surface area (Å²) in [6, 6.07) is 12.3. The Bertz CT molecular complexity index is 821. The average Bonchev–Trinajstić information content (AvgIpc) is 2.66. The summed E-state index contributed by atoms with van der Waals surface area (Å²) >= 11 is 0. The lowest BCUT2D eigenvalue weighted by Gasteiger charge is -2.26. The van der Waals surface area contributed by atoms with Crippen molar-refractivity contribution in [3.63, 3.8) is 0 Å². The molecule has 0 saturated carbocycles. The number of ether oxygens (including phenoxy) is 2. The summed E-state index contributed by atoms with van der Waals surface area (Å²) in [5.74, 6) is 0.199. The van der Waals surface area contributed by atoms with Crippen molar-refractivity contribution in [1.29, 1.82) is 0 Å². The van der Waals surface area contributed by atoms with Crippen LogP contribution < -0.4 is 14.8 Å². The van der Waals surface area contributed by atoms with Gasteiger partial charge in [-0.3, -0.25) is 14.9 Å². The number of aryl methyl sites for hydroxylation is 1. The van der Waals surface area contributed by atoms with Crippen molar-refractivity contribution in [3.8, 4) is 11.5 Å². The van der Waals surface area contributed by atoms with Gasteiger partial charge in [0.05, 0.1) is 18.1 Å². The highest BCUT2D eigenvalue weighted by atomic mass is 16.6. The number of hydrogen-bond donors (Lipinski definition) is 1. The predicted octanol–water partition coefficient (Wildman–Crippen LogP) is 3.18. The molecule has 1 aliphatic carbocycles. The first kappa shape index (κ1) is 17.7. The van der Waals surface area contributed by atoms with Gasteiger partial charge in [-0.2, -0.15) is 0 Å². The summed E-state index contributed by atoms with van der Waals surface area (Å²) in [4.78, 5) is 22.6. The Morgan fingerprint density at radius 1 is 1.31 bits per heavy atom. The molecule has 0 radical (unpaired) electrons. The molecular formula is C19H20N2O5. The van der Waals surface area contributed by atoms with Gasteiger partial charge in [-0.05, 0) is 36.5 Å². The van der Waals surface area contributed by atoms with Crippen LogP contribution in [-0.2, 0) is 11.2 Å². The van der Waals surface area contributed by atoms with Crippen LogP contribution in [0.5, 0.6) is 11.5 Å². The molecule has 1 unspecified atom stereocenters. The molecule has 7 heteroatoms. The van der Waals surface area contributed by atoms with E-state index in [0.717, 1.165) is 24.8 Å². The fourth-order valence-corrected chi connectivity index (χ4v) is 3.19. The minimum absolute atomic E-state index is 0.0116. The van der Waals surface area contributed by atoms with Crippen LogP contribution in [0.3, 0.4) is 0 Å². The quantitative estimate of drug-likeness (QED) is 0.634. The molecule has 0 heterocycles. The zero-order valence-corrected chi connectivity index (χ0v) is 14.4. The van der Waals surface area contributed by atoms with E-state index >= 15 is 0 Å². The van der Waals surface area contributed by atoms with Crippen LogP contribution in [0.1, 0.15) is 30.0 Å². The second kappa shape index (κ2) is 7.86.